The first-order valence-electron chi connectivity index (χ1n) is 13.5. The average Bonchev–Trinajstić information content (AvgIpc) is 3.61. The van der Waals surface area contributed by atoms with Crippen LogP contribution in [0.4, 0.5) is 5.69 Å². The molecule has 0 atom stereocenters. The lowest BCUT2D eigenvalue weighted by Crippen LogP contribution is -2.15. The molecule has 1 aliphatic rings. The molecular formula is C36H22N4. The molecule has 0 radical (unpaired) electrons. The first-order chi connectivity index (χ1) is 19.8. The number of rotatable bonds is 2. The number of fused-ring (bicyclic) bond motifs is 8. The van der Waals surface area contributed by atoms with Crippen molar-refractivity contribution in [1.82, 2.24) is 9.13 Å². The molecule has 0 aliphatic carbocycles. The van der Waals surface area contributed by atoms with Crippen LogP contribution in [0.5, 0.6) is 0 Å². The summed E-state index contributed by atoms with van der Waals surface area (Å²) in [4.78, 5) is 5.04. The molecule has 4 heteroatoms. The molecule has 0 saturated heterocycles. The van der Waals surface area contributed by atoms with Gasteiger partial charge < -0.3 is 4.57 Å². The number of aromatic nitrogens is 2. The van der Waals surface area contributed by atoms with Crippen molar-refractivity contribution in [2.24, 2.45) is 4.99 Å². The van der Waals surface area contributed by atoms with Crippen molar-refractivity contribution in [2.45, 2.75) is 0 Å². The van der Waals surface area contributed by atoms with Crippen LogP contribution in [0, 0.1) is 5.41 Å². The lowest BCUT2D eigenvalue weighted by atomic mass is 9.98. The standard InChI is InChI=1S/C36H22N4/c37-34-29-19-22-11-7-8-16-25(22)33-28-20-27-26-17-9-10-18-30(26)39(24-14-5-2-6-15-24)31(27)21-32(28)40(35(29)33)36(34)38-23-12-3-1-4-13-23/h1-21,37H/b37-34?,38-36+. The summed E-state index contributed by atoms with van der Waals surface area (Å²) < 4.78 is 4.57. The highest BCUT2D eigenvalue weighted by atomic mass is 15.1. The monoisotopic (exact) mass is 510 g/mol. The molecular weight excluding hydrogens is 488 g/mol. The zero-order valence-electron chi connectivity index (χ0n) is 21.5. The van der Waals surface area contributed by atoms with E-state index in [4.69, 9.17) is 4.99 Å². The fourth-order valence-corrected chi connectivity index (χ4v) is 6.58. The zero-order valence-corrected chi connectivity index (χ0v) is 21.5. The number of para-hydroxylation sites is 3. The smallest absolute Gasteiger partial charge is 0.164 e. The van der Waals surface area contributed by atoms with Crippen LogP contribution in [0.15, 0.2) is 132 Å². The van der Waals surface area contributed by atoms with E-state index in [1.54, 1.807) is 0 Å². The lowest BCUT2D eigenvalue weighted by Gasteiger charge is -2.09. The maximum Gasteiger partial charge on any atom is 0.164 e. The van der Waals surface area contributed by atoms with Crippen molar-refractivity contribution in [3.8, 4) is 5.69 Å². The van der Waals surface area contributed by atoms with E-state index in [2.05, 4.69) is 106 Å². The third-order valence-corrected chi connectivity index (χ3v) is 8.26. The van der Waals surface area contributed by atoms with Gasteiger partial charge in [0, 0.05) is 32.8 Å². The van der Waals surface area contributed by atoms with E-state index in [0.717, 1.165) is 38.9 Å². The van der Waals surface area contributed by atoms with Gasteiger partial charge in [-0.3, -0.25) is 9.98 Å². The molecule has 3 heterocycles. The van der Waals surface area contributed by atoms with Gasteiger partial charge in [-0.25, -0.2) is 4.99 Å². The molecule has 4 nitrogen and oxygen atoms in total. The van der Waals surface area contributed by atoms with Crippen molar-refractivity contribution in [3.05, 3.63) is 133 Å². The summed E-state index contributed by atoms with van der Waals surface area (Å²) in [6.45, 7) is 0. The number of benzene rings is 6. The second-order valence-corrected chi connectivity index (χ2v) is 10.4. The SMILES string of the molecule is N=C1/C(=N\c2ccccc2)n2c3cc4c(cc3c3c5ccccc5cc1c32)c1ccccc1n4-c1ccccc1. The number of hydrogen-bond acceptors (Lipinski definition) is 2. The minimum Gasteiger partial charge on any atom is -0.309 e. The van der Waals surface area contributed by atoms with Gasteiger partial charge in [0.1, 0.15) is 5.71 Å². The average molecular weight is 511 g/mol. The minimum absolute atomic E-state index is 0.459. The molecule has 0 bridgehead atoms. The normalized spacial score (nSPS) is 14.1. The quantitative estimate of drug-likeness (QED) is 0.241. The Labute approximate surface area is 229 Å². The van der Waals surface area contributed by atoms with Crippen molar-refractivity contribution in [3.63, 3.8) is 0 Å². The Morgan fingerprint density at radius 2 is 1.20 bits per heavy atom. The second kappa shape index (κ2) is 7.78. The molecule has 1 aliphatic heterocycles. The van der Waals surface area contributed by atoms with Crippen LogP contribution in [0.25, 0.3) is 60.1 Å². The summed E-state index contributed by atoms with van der Waals surface area (Å²) in [6, 6.07) is 44.5. The molecule has 9 rings (SSSR count). The third-order valence-electron chi connectivity index (χ3n) is 8.26. The molecule has 2 aromatic heterocycles. The Morgan fingerprint density at radius 1 is 0.525 bits per heavy atom. The van der Waals surface area contributed by atoms with E-state index in [9.17, 15) is 5.41 Å². The fourth-order valence-electron chi connectivity index (χ4n) is 6.58. The summed E-state index contributed by atoms with van der Waals surface area (Å²) in [6.07, 6.45) is 0. The van der Waals surface area contributed by atoms with Crippen LogP contribution in [-0.4, -0.2) is 20.7 Å². The predicted octanol–water partition coefficient (Wildman–Crippen LogP) is 9.00. The van der Waals surface area contributed by atoms with E-state index in [-0.39, 0.29) is 0 Å². The first kappa shape index (κ1) is 21.5. The van der Waals surface area contributed by atoms with E-state index >= 15 is 0 Å². The number of nitrogens with one attached hydrogen (secondary N) is 1. The van der Waals surface area contributed by atoms with E-state index in [1.165, 1.54) is 32.4 Å². The van der Waals surface area contributed by atoms with Gasteiger partial charge in [0.25, 0.3) is 0 Å². The maximum absolute atomic E-state index is 9.26. The molecule has 186 valence electrons. The van der Waals surface area contributed by atoms with E-state index in [0.29, 0.717) is 11.5 Å². The van der Waals surface area contributed by atoms with Crippen LogP contribution >= 0.6 is 0 Å². The van der Waals surface area contributed by atoms with Gasteiger partial charge >= 0.3 is 0 Å². The Bertz CT molecular complexity index is 2370. The molecule has 1 N–H and O–H groups in total. The summed E-state index contributed by atoms with van der Waals surface area (Å²) in [5.41, 5.74) is 7.81. The minimum atomic E-state index is 0.459. The first-order valence-corrected chi connectivity index (χ1v) is 13.5. The number of nitrogens with zero attached hydrogens (tertiary/aromatic N) is 3. The highest BCUT2D eigenvalue weighted by Crippen LogP contribution is 2.44. The highest BCUT2D eigenvalue weighted by Gasteiger charge is 2.31. The Kier molecular flexibility index (Phi) is 4.17. The Balaban J connectivity index is 1.51. The van der Waals surface area contributed by atoms with Gasteiger partial charge in [0.2, 0.25) is 0 Å². The lowest BCUT2D eigenvalue weighted by molar-refractivity contribution is 1.18. The molecule has 0 fully saturated rings. The van der Waals surface area contributed by atoms with Crippen molar-refractivity contribution in [2.75, 3.05) is 0 Å². The molecule has 0 saturated carbocycles. The van der Waals surface area contributed by atoms with Gasteiger partial charge in [0.05, 0.1) is 27.8 Å². The van der Waals surface area contributed by atoms with Crippen LogP contribution in [0.3, 0.4) is 0 Å². The molecule has 8 aromatic rings. The van der Waals surface area contributed by atoms with Crippen molar-refractivity contribution in [1.29, 1.82) is 5.41 Å². The van der Waals surface area contributed by atoms with Gasteiger partial charge in [-0.2, -0.15) is 0 Å². The second-order valence-electron chi connectivity index (χ2n) is 10.4. The van der Waals surface area contributed by atoms with Crippen molar-refractivity contribution >= 4 is 71.6 Å². The summed E-state index contributed by atoms with van der Waals surface area (Å²) in [5, 5.41) is 16.4. The van der Waals surface area contributed by atoms with Gasteiger partial charge in [-0.05, 0) is 59.3 Å². The fraction of sp³-hybridized carbons (Fsp3) is 0. The van der Waals surface area contributed by atoms with Gasteiger partial charge in [-0.15, -0.1) is 0 Å². The van der Waals surface area contributed by atoms with Gasteiger partial charge in [-0.1, -0.05) is 78.9 Å². The van der Waals surface area contributed by atoms with Crippen LogP contribution in [0.1, 0.15) is 5.56 Å². The molecule has 0 spiro atoms. The van der Waals surface area contributed by atoms with Crippen LogP contribution < -0.4 is 0 Å². The Hall–Kier alpha value is -5.48. The molecule has 40 heavy (non-hydrogen) atoms. The molecule has 6 aromatic carbocycles. The molecule has 0 unspecified atom stereocenters. The van der Waals surface area contributed by atoms with Gasteiger partial charge in [0.15, 0.2) is 5.84 Å². The number of aliphatic imine (C=N–C) groups is 1. The van der Waals surface area contributed by atoms with E-state index in [1.807, 2.05) is 30.3 Å². The summed E-state index contributed by atoms with van der Waals surface area (Å²) in [7, 11) is 0. The Morgan fingerprint density at radius 3 is 2.02 bits per heavy atom. The largest absolute Gasteiger partial charge is 0.309 e. The van der Waals surface area contributed by atoms with E-state index < -0.39 is 0 Å². The maximum atomic E-state index is 9.26. The molecule has 0 amide bonds. The summed E-state index contributed by atoms with van der Waals surface area (Å²) >= 11 is 0. The summed E-state index contributed by atoms with van der Waals surface area (Å²) in [5.74, 6) is 0.665. The van der Waals surface area contributed by atoms with Crippen LogP contribution in [0.2, 0.25) is 0 Å². The topological polar surface area (TPSA) is 46.1 Å². The highest BCUT2D eigenvalue weighted by molar-refractivity contribution is 6.56. The van der Waals surface area contributed by atoms with Crippen LogP contribution in [-0.2, 0) is 0 Å². The van der Waals surface area contributed by atoms with Crippen molar-refractivity contribution < 1.29 is 0 Å². The zero-order chi connectivity index (χ0) is 26.4. The third kappa shape index (κ3) is 2.74. The predicted molar refractivity (Wildman–Crippen MR) is 167 cm³/mol. The number of hydrogen-bond donors (Lipinski definition) is 1.